The molecule has 0 spiro atoms. The third kappa shape index (κ3) is 3.63. The molecule has 0 aromatic rings. The normalized spacial score (nSPS) is 18.7. The highest BCUT2D eigenvalue weighted by Gasteiger charge is 2.21. The summed E-state index contributed by atoms with van der Waals surface area (Å²) in [6, 6.07) is 0. The van der Waals surface area contributed by atoms with Crippen LogP contribution in [0.25, 0.3) is 0 Å². The summed E-state index contributed by atoms with van der Waals surface area (Å²) in [5.74, 6) is 0. The summed E-state index contributed by atoms with van der Waals surface area (Å²) in [6.07, 6.45) is 5.02. The molecule has 1 saturated heterocycles. The minimum absolute atomic E-state index is 1.07. The zero-order chi connectivity index (χ0) is 9.52. The molecule has 3 heteroatoms. The van der Waals surface area contributed by atoms with E-state index in [1.54, 1.807) is 0 Å². The number of hydrogen-bond acceptors (Lipinski definition) is 3. The zero-order valence-corrected chi connectivity index (χ0v) is 8.90. The van der Waals surface area contributed by atoms with Gasteiger partial charge in [0.2, 0.25) is 0 Å². The van der Waals surface area contributed by atoms with Crippen LogP contribution < -0.4 is 10.6 Å². The average molecular weight is 184 g/mol. The van der Waals surface area contributed by atoms with Crippen molar-refractivity contribution in [2.24, 2.45) is 0 Å². The molecular weight excluding hydrogens is 162 g/mol. The van der Waals surface area contributed by atoms with Gasteiger partial charge >= 0.3 is 0 Å². The molecule has 0 bridgehead atoms. The molecule has 0 aromatic heterocycles. The Balaban J connectivity index is 2.26. The molecular formula is C10H22N3. The van der Waals surface area contributed by atoms with E-state index in [9.17, 15) is 0 Å². The molecule has 1 heterocycles. The SMILES string of the molecule is CCCCN(CCC)[C]1NCCN1. The molecule has 0 amide bonds. The van der Waals surface area contributed by atoms with Crippen molar-refractivity contribution in [3.63, 3.8) is 0 Å². The second-order valence-electron chi connectivity index (χ2n) is 3.54. The van der Waals surface area contributed by atoms with Crippen LogP contribution in [0.3, 0.4) is 0 Å². The van der Waals surface area contributed by atoms with E-state index >= 15 is 0 Å². The van der Waals surface area contributed by atoms with E-state index < -0.39 is 0 Å². The van der Waals surface area contributed by atoms with Gasteiger partial charge in [0, 0.05) is 26.2 Å². The summed E-state index contributed by atoms with van der Waals surface area (Å²) < 4.78 is 0. The minimum atomic E-state index is 1.07. The van der Waals surface area contributed by atoms with Crippen LogP contribution >= 0.6 is 0 Å². The van der Waals surface area contributed by atoms with Crippen molar-refractivity contribution < 1.29 is 0 Å². The lowest BCUT2D eigenvalue weighted by Gasteiger charge is -2.26. The standard InChI is InChI=1S/C10H22N3/c1-3-5-9-13(8-4-2)10-11-6-7-12-10/h11-12H,3-9H2,1-2H3. The smallest absolute Gasteiger partial charge is 0.173 e. The van der Waals surface area contributed by atoms with Crippen molar-refractivity contribution in [2.75, 3.05) is 26.2 Å². The van der Waals surface area contributed by atoms with Crippen LogP contribution in [0.1, 0.15) is 33.1 Å². The molecule has 1 aliphatic rings. The van der Waals surface area contributed by atoms with Crippen LogP contribution in [0.2, 0.25) is 0 Å². The van der Waals surface area contributed by atoms with Gasteiger partial charge in [0.05, 0.1) is 0 Å². The fourth-order valence-corrected chi connectivity index (χ4v) is 1.60. The van der Waals surface area contributed by atoms with E-state index in [0.29, 0.717) is 0 Å². The summed E-state index contributed by atoms with van der Waals surface area (Å²) in [6.45, 7) is 8.96. The second kappa shape index (κ2) is 6.35. The van der Waals surface area contributed by atoms with Crippen molar-refractivity contribution in [3.05, 3.63) is 6.29 Å². The molecule has 77 valence electrons. The molecule has 2 N–H and O–H groups in total. The van der Waals surface area contributed by atoms with Gasteiger partial charge in [-0.2, -0.15) is 0 Å². The first-order chi connectivity index (χ1) is 6.38. The molecule has 13 heavy (non-hydrogen) atoms. The monoisotopic (exact) mass is 184 g/mol. The predicted molar refractivity (Wildman–Crippen MR) is 56.0 cm³/mol. The van der Waals surface area contributed by atoms with E-state index in [-0.39, 0.29) is 0 Å². The molecule has 1 radical (unpaired) electrons. The van der Waals surface area contributed by atoms with E-state index in [4.69, 9.17) is 0 Å². The summed E-state index contributed by atoms with van der Waals surface area (Å²) in [5, 5.41) is 6.76. The summed E-state index contributed by atoms with van der Waals surface area (Å²) in [4.78, 5) is 2.43. The van der Waals surface area contributed by atoms with Gasteiger partial charge in [-0.15, -0.1) is 0 Å². The maximum atomic E-state index is 3.38. The molecule has 1 rings (SSSR count). The fraction of sp³-hybridized carbons (Fsp3) is 0.900. The highest BCUT2D eigenvalue weighted by molar-refractivity contribution is 4.89. The van der Waals surface area contributed by atoms with Crippen LogP contribution in [0.5, 0.6) is 0 Å². The zero-order valence-electron chi connectivity index (χ0n) is 8.90. The molecule has 0 aliphatic carbocycles. The molecule has 0 aromatic carbocycles. The Hall–Kier alpha value is -0.120. The number of unbranched alkanes of at least 4 members (excludes halogenated alkanes) is 1. The van der Waals surface area contributed by atoms with Gasteiger partial charge in [0.1, 0.15) is 0 Å². The Bertz CT molecular complexity index is 121. The summed E-state index contributed by atoms with van der Waals surface area (Å²) in [5.41, 5.74) is 0. The van der Waals surface area contributed by atoms with E-state index in [1.165, 1.54) is 32.1 Å². The van der Waals surface area contributed by atoms with Crippen LogP contribution in [0.4, 0.5) is 0 Å². The maximum absolute atomic E-state index is 3.38. The van der Waals surface area contributed by atoms with Crippen LogP contribution in [0.15, 0.2) is 0 Å². The van der Waals surface area contributed by atoms with Crippen LogP contribution in [0, 0.1) is 6.29 Å². The molecule has 3 nitrogen and oxygen atoms in total. The maximum Gasteiger partial charge on any atom is 0.173 e. The predicted octanol–water partition coefficient (Wildman–Crippen LogP) is 1.14. The fourth-order valence-electron chi connectivity index (χ4n) is 1.60. The highest BCUT2D eigenvalue weighted by atomic mass is 15.4. The summed E-state index contributed by atoms with van der Waals surface area (Å²) in [7, 11) is 0. The van der Waals surface area contributed by atoms with Crippen molar-refractivity contribution in [2.45, 2.75) is 33.1 Å². The first kappa shape index (κ1) is 11.0. The largest absolute Gasteiger partial charge is 0.282 e. The Kier molecular flexibility index (Phi) is 5.35. The first-order valence-electron chi connectivity index (χ1n) is 5.48. The Morgan fingerprint density at radius 2 is 1.77 bits per heavy atom. The first-order valence-corrected chi connectivity index (χ1v) is 5.48. The topological polar surface area (TPSA) is 27.3 Å². The Morgan fingerprint density at radius 3 is 2.31 bits per heavy atom. The van der Waals surface area contributed by atoms with Crippen LogP contribution in [-0.4, -0.2) is 31.1 Å². The van der Waals surface area contributed by atoms with Gasteiger partial charge in [-0.1, -0.05) is 20.3 Å². The van der Waals surface area contributed by atoms with E-state index in [2.05, 4.69) is 29.4 Å². The van der Waals surface area contributed by atoms with Crippen molar-refractivity contribution in [1.29, 1.82) is 0 Å². The average Bonchev–Trinajstić information content (AvgIpc) is 2.65. The Labute approximate surface area is 81.9 Å². The minimum Gasteiger partial charge on any atom is -0.282 e. The van der Waals surface area contributed by atoms with Gasteiger partial charge in [-0.25, -0.2) is 0 Å². The molecule has 0 atom stereocenters. The number of nitrogens with one attached hydrogen (secondary N) is 2. The van der Waals surface area contributed by atoms with E-state index in [1.807, 2.05) is 0 Å². The van der Waals surface area contributed by atoms with Gasteiger partial charge < -0.3 is 0 Å². The molecule has 1 fully saturated rings. The van der Waals surface area contributed by atoms with Gasteiger partial charge in [0.25, 0.3) is 0 Å². The van der Waals surface area contributed by atoms with Gasteiger partial charge in [0.15, 0.2) is 6.29 Å². The lowest BCUT2D eigenvalue weighted by atomic mass is 10.3. The number of hydrogen-bond donors (Lipinski definition) is 2. The quantitative estimate of drug-likeness (QED) is 0.648. The number of nitrogens with zero attached hydrogens (tertiary/aromatic N) is 1. The molecule has 0 saturated carbocycles. The third-order valence-electron chi connectivity index (χ3n) is 2.30. The van der Waals surface area contributed by atoms with Gasteiger partial charge in [-0.3, -0.25) is 15.5 Å². The van der Waals surface area contributed by atoms with Crippen molar-refractivity contribution in [1.82, 2.24) is 15.5 Å². The second-order valence-corrected chi connectivity index (χ2v) is 3.54. The molecule has 0 unspecified atom stereocenters. The van der Waals surface area contributed by atoms with Crippen molar-refractivity contribution >= 4 is 0 Å². The molecule has 1 aliphatic heterocycles. The Morgan fingerprint density at radius 1 is 1.08 bits per heavy atom. The lowest BCUT2D eigenvalue weighted by molar-refractivity contribution is 0.247. The third-order valence-corrected chi connectivity index (χ3v) is 2.30. The van der Waals surface area contributed by atoms with E-state index in [0.717, 1.165) is 19.6 Å². The van der Waals surface area contributed by atoms with Crippen molar-refractivity contribution in [3.8, 4) is 0 Å². The van der Waals surface area contributed by atoms with Crippen LogP contribution in [-0.2, 0) is 0 Å². The summed E-state index contributed by atoms with van der Waals surface area (Å²) >= 11 is 0. The highest BCUT2D eigenvalue weighted by Crippen LogP contribution is 2.07. The number of rotatable bonds is 6. The lowest BCUT2D eigenvalue weighted by Crippen LogP contribution is -2.41. The van der Waals surface area contributed by atoms with Gasteiger partial charge in [-0.05, 0) is 12.8 Å².